The van der Waals surface area contributed by atoms with Gasteiger partial charge in [-0.15, -0.1) is 0 Å². The average Bonchev–Trinajstić information content (AvgIpc) is 2.80. The van der Waals surface area contributed by atoms with Crippen LogP contribution in [-0.2, 0) is 12.0 Å². The minimum Gasteiger partial charge on any atom is -0.364 e. The molecule has 0 aliphatic rings. The first kappa shape index (κ1) is 25.4. The Labute approximate surface area is 205 Å². The maximum absolute atomic E-state index is 12.8. The monoisotopic (exact) mass is 473 g/mol. The lowest BCUT2D eigenvalue weighted by atomic mass is 9.87. The summed E-state index contributed by atoms with van der Waals surface area (Å²) in [7, 11) is 1.63. The van der Waals surface area contributed by atoms with Gasteiger partial charge in [0, 0.05) is 36.7 Å². The van der Waals surface area contributed by atoms with E-state index in [2.05, 4.69) is 36.4 Å². The molecule has 0 unspecified atom stereocenters. The Kier molecular flexibility index (Phi) is 7.54. The van der Waals surface area contributed by atoms with Crippen LogP contribution in [0.1, 0.15) is 58.3 Å². The molecular formula is C27H31N5O3. The number of primary amides is 1. The third-order valence-electron chi connectivity index (χ3n) is 5.59. The van der Waals surface area contributed by atoms with E-state index in [1.807, 2.05) is 31.2 Å². The smallest absolute Gasteiger partial charge is 0.321 e. The maximum Gasteiger partial charge on any atom is 0.321 e. The molecule has 0 bridgehead atoms. The van der Waals surface area contributed by atoms with Gasteiger partial charge in [0.1, 0.15) is 5.69 Å². The quantitative estimate of drug-likeness (QED) is 0.481. The summed E-state index contributed by atoms with van der Waals surface area (Å²) in [6, 6.07) is 15.8. The Hall–Kier alpha value is -4.20. The fourth-order valence-corrected chi connectivity index (χ4v) is 3.42. The molecule has 0 aliphatic heterocycles. The normalized spacial score (nSPS) is 11.0. The molecule has 0 saturated carbocycles. The summed E-state index contributed by atoms with van der Waals surface area (Å²) >= 11 is 0. The van der Waals surface area contributed by atoms with Crippen molar-refractivity contribution in [3.63, 3.8) is 0 Å². The van der Waals surface area contributed by atoms with E-state index in [4.69, 9.17) is 5.73 Å². The van der Waals surface area contributed by atoms with Crippen LogP contribution in [0.5, 0.6) is 0 Å². The molecule has 3 aromatic rings. The van der Waals surface area contributed by atoms with Crippen LogP contribution >= 0.6 is 0 Å². The second-order valence-corrected chi connectivity index (χ2v) is 9.51. The van der Waals surface area contributed by atoms with Crippen molar-refractivity contribution in [2.24, 2.45) is 5.73 Å². The third-order valence-corrected chi connectivity index (χ3v) is 5.59. The van der Waals surface area contributed by atoms with Crippen LogP contribution in [0, 0.1) is 6.92 Å². The number of benzene rings is 2. The van der Waals surface area contributed by atoms with Gasteiger partial charge in [-0.25, -0.2) is 4.79 Å². The van der Waals surface area contributed by atoms with E-state index >= 15 is 0 Å². The van der Waals surface area contributed by atoms with Gasteiger partial charge >= 0.3 is 6.03 Å². The molecule has 3 rings (SSSR count). The first-order chi connectivity index (χ1) is 16.4. The molecule has 0 fully saturated rings. The van der Waals surface area contributed by atoms with Gasteiger partial charge in [0.25, 0.3) is 11.8 Å². The summed E-state index contributed by atoms with van der Waals surface area (Å²) < 4.78 is 0. The number of anilines is 2. The van der Waals surface area contributed by atoms with Gasteiger partial charge in [-0.2, -0.15) is 0 Å². The molecule has 1 aromatic heterocycles. The highest BCUT2D eigenvalue weighted by Gasteiger charge is 2.16. The molecule has 0 aliphatic carbocycles. The van der Waals surface area contributed by atoms with Crippen molar-refractivity contribution in [2.45, 2.75) is 39.7 Å². The van der Waals surface area contributed by atoms with Crippen LogP contribution in [0.15, 0.2) is 60.8 Å². The van der Waals surface area contributed by atoms with Crippen molar-refractivity contribution >= 4 is 29.2 Å². The van der Waals surface area contributed by atoms with Gasteiger partial charge in [-0.05, 0) is 65.4 Å². The van der Waals surface area contributed by atoms with Crippen molar-refractivity contribution in [1.29, 1.82) is 0 Å². The number of carbonyl (C=O) groups excluding carboxylic acids is 3. The molecule has 0 spiro atoms. The lowest BCUT2D eigenvalue weighted by Gasteiger charge is -2.20. The zero-order chi connectivity index (χ0) is 25.8. The highest BCUT2D eigenvalue weighted by atomic mass is 16.2. The highest BCUT2D eigenvalue weighted by molar-refractivity contribution is 6.05. The predicted octanol–water partition coefficient (Wildman–Crippen LogP) is 4.70. The molecule has 8 heteroatoms. The third kappa shape index (κ3) is 6.66. The maximum atomic E-state index is 12.8. The zero-order valence-electron chi connectivity index (χ0n) is 20.7. The summed E-state index contributed by atoms with van der Waals surface area (Å²) in [5.74, 6) is -0.900. The van der Waals surface area contributed by atoms with Crippen LogP contribution in [0.25, 0.3) is 0 Å². The van der Waals surface area contributed by atoms with E-state index in [9.17, 15) is 14.4 Å². The number of hydrogen-bond donors (Lipinski definition) is 3. The Morgan fingerprint density at radius 3 is 2.29 bits per heavy atom. The first-order valence-corrected chi connectivity index (χ1v) is 11.2. The van der Waals surface area contributed by atoms with Crippen molar-refractivity contribution in [3.05, 3.63) is 88.7 Å². The first-order valence-electron chi connectivity index (χ1n) is 11.2. The molecule has 8 nitrogen and oxygen atoms in total. The number of pyridine rings is 1. The zero-order valence-corrected chi connectivity index (χ0v) is 20.7. The number of urea groups is 1. The van der Waals surface area contributed by atoms with Gasteiger partial charge in [0.15, 0.2) is 0 Å². The summed E-state index contributed by atoms with van der Waals surface area (Å²) in [6.45, 7) is 8.50. The lowest BCUT2D eigenvalue weighted by molar-refractivity contribution is 0.0993. The summed E-state index contributed by atoms with van der Waals surface area (Å²) in [6.07, 6.45) is 1.48. The molecule has 4 N–H and O–H groups in total. The minimum absolute atomic E-state index is 0.0291. The van der Waals surface area contributed by atoms with E-state index in [-0.39, 0.29) is 29.6 Å². The number of aryl methyl sites for hydroxylation is 1. The molecule has 4 amide bonds. The minimum atomic E-state index is -0.630. The fraction of sp³-hybridized carbons (Fsp3) is 0.259. The van der Waals surface area contributed by atoms with Crippen LogP contribution in [0.4, 0.5) is 16.2 Å². The molecule has 0 saturated heterocycles. The molecular weight excluding hydrogens is 442 g/mol. The molecule has 0 atom stereocenters. The predicted molar refractivity (Wildman–Crippen MR) is 138 cm³/mol. The van der Waals surface area contributed by atoms with Gasteiger partial charge in [-0.3, -0.25) is 14.6 Å². The molecule has 35 heavy (non-hydrogen) atoms. The van der Waals surface area contributed by atoms with Crippen molar-refractivity contribution in [2.75, 3.05) is 17.7 Å². The SMILES string of the molecule is Cc1ccc(C(=O)Nc2ccc(C(C)(C)C)cc2)cc1NC(=O)N(C)Cc1ccnc(C(N)=O)c1. The molecule has 182 valence electrons. The number of rotatable bonds is 6. The standard InChI is InChI=1S/C27H31N5O3/c1-17-6-7-19(25(34)30-21-10-8-20(9-11-21)27(2,3)4)15-22(17)31-26(35)32(5)16-18-12-13-29-23(14-18)24(28)33/h6-15H,16H2,1-5H3,(H2,28,33)(H,30,34)(H,31,35). The van der Waals surface area contributed by atoms with E-state index in [1.165, 1.54) is 16.7 Å². The Bertz CT molecular complexity index is 1250. The Balaban J connectivity index is 1.68. The fourth-order valence-electron chi connectivity index (χ4n) is 3.42. The number of nitrogens with zero attached hydrogens (tertiary/aromatic N) is 2. The summed E-state index contributed by atoms with van der Waals surface area (Å²) in [5, 5.41) is 5.75. The van der Waals surface area contributed by atoms with Gasteiger partial charge in [-0.1, -0.05) is 39.0 Å². The van der Waals surface area contributed by atoms with Gasteiger partial charge in [0.2, 0.25) is 0 Å². The lowest BCUT2D eigenvalue weighted by Crippen LogP contribution is -2.31. The Morgan fingerprint density at radius 2 is 1.66 bits per heavy atom. The molecule has 0 radical (unpaired) electrons. The molecule has 2 aromatic carbocycles. The summed E-state index contributed by atoms with van der Waals surface area (Å²) in [5.41, 5.74) is 9.81. The van der Waals surface area contributed by atoms with E-state index in [0.29, 0.717) is 22.5 Å². The number of aromatic nitrogens is 1. The van der Waals surface area contributed by atoms with Crippen molar-refractivity contribution in [3.8, 4) is 0 Å². The van der Waals surface area contributed by atoms with Gasteiger partial charge in [0.05, 0.1) is 0 Å². The second kappa shape index (κ2) is 10.4. The number of nitrogens with one attached hydrogen (secondary N) is 2. The van der Waals surface area contributed by atoms with Crippen molar-refractivity contribution < 1.29 is 14.4 Å². The topological polar surface area (TPSA) is 117 Å². The van der Waals surface area contributed by atoms with E-state index < -0.39 is 5.91 Å². The van der Waals surface area contributed by atoms with Crippen molar-refractivity contribution in [1.82, 2.24) is 9.88 Å². The van der Waals surface area contributed by atoms with Gasteiger partial charge < -0.3 is 21.3 Å². The largest absolute Gasteiger partial charge is 0.364 e. The summed E-state index contributed by atoms with van der Waals surface area (Å²) in [4.78, 5) is 42.3. The average molecular weight is 474 g/mol. The number of amides is 4. The van der Waals surface area contributed by atoms with Crippen LogP contribution in [0.3, 0.4) is 0 Å². The Morgan fingerprint density at radius 1 is 0.971 bits per heavy atom. The van der Waals surface area contributed by atoms with Crippen LogP contribution in [-0.4, -0.2) is 34.8 Å². The van der Waals surface area contributed by atoms with Crippen LogP contribution in [0.2, 0.25) is 0 Å². The number of nitrogens with two attached hydrogens (primary N) is 1. The second-order valence-electron chi connectivity index (χ2n) is 9.51. The van der Waals surface area contributed by atoms with Crippen LogP contribution < -0.4 is 16.4 Å². The van der Waals surface area contributed by atoms with E-state index in [0.717, 1.165) is 5.56 Å². The van der Waals surface area contributed by atoms with E-state index in [1.54, 1.807) is 37.4 Å². The number of hydrogen-bond acceptors (Lipinski definition) is 4. The highest BCUT2D eigenvalue weighted by Crippen LogP contribution is 2.24. The number of carbonyl (C=O) groups is 3. The molecule has 1 heterocycles.